The highest BCUT2D eigenvalue weighted by molar-refractivity contribution is 5.91. The van der Waals surface area contributed by atoms with Crippen LogP contribution in [0.5, 0.6) is 0 Å². The highest BCUT2D eigenvalue weighted by Gasteiger charge is 2.11. The van der Waals surface area contributed by atoms with Crippen molar-refractivity contribution in [2.45, 2.75) is 64.2 Å². The molecular weight excluding hydrogens is 280 g/mol. The second-order valence-corrected chi connectivity index (χ2v) is 5.70. The molecule has 124 valence electrons. The fraction of sp³-hybridized carbons (Fsp3) is 0.667. The Kier molecular flexibility index (Phi) is 9.28. The van der Waals surface area contributed by atoms with Crippen molar-refractivity contribution in [3.8, 4) is 0 Å². The summed E-state index contributed by atoms with van der Waals surface area (Å²) in [6, 6.07) is 0. The highest BCUT2D eigenvalue weighted by Crippen LogP contribution is 2.21. The Morgan fingerprint density at radius 2 is 1.50 bits per heavy atom. The Balaban J connectivity index is 2.89. The molecular formula is C18H28O4. The number of methoxy groups -OCH3 is 2. The van der Waals surface area contributed by atoms with Gasteiger partial charge in [0.1, 0.15) is 5.76 Å². The topological polar surface area (TPSA) is 52.6 Å². The van der Waals surface area contributed by atoms with Gasteiger partial charge >= 0.3 is 5.97 Å². The number of hydrogen-bond acceptors (Lipinski definition) is 4. The summed E-state index contributed by atoms with van der Waals surface area (Å²) in [6.45, 7) is 0. The van der Waals surface area contributed by atoms with Gasteiger partial charge in [0.25, 0.3) is 0 Å². The van der Waals surface area contributed by atoms with Crippen LogP contribution >= 0.6 is 0 Å². The summed E-state index contributed by atoms with van der Waals surface area (Å²) in [6.07, 6.45) is 13.3. The van der Waals surface area contributed by atoms with E-state index in [1.807, 2.05) is 0 Å². The van der Waals surface area contributed by atoms with Gasteiger partial charge in [0.2, 0.25) is 0 Å². The monoisotopic (exact) mass is 308 g/mol. The van der Waals surface area contributed by atoms with Crippen molar-refractivity contribution in [2.75, 3.05) is 14.2 Å². The predicted molar refractivity (Wildman–Crippen MR) is 86.4 cm³/mol. The van der Waals surface area contributed by atoms with Crippen molar-refractivity contribution >= 4 is 11.8 Å². The summed E-state index contributed by atoms with van der Waals surface area (Å²) in [7, 11) is 2.89. The Morgan fingerprint density at radius 1 is 0.955 bits per heavy atom. The number of carbonyl (C=O) groups is 2. The van der Waals surface area contributed by atoms with Crippen LogP contribution in [0.1, 0.15) is 64.2 Å². The van der Waals surface area contributed by atoms with Crippen LogP contribution in [0.15, 0.2) is 23.5 Å². The lowest BCUT2D eigenvalue weighted by Gasteiger charge is -2.12. The van der Waals surface area contributed by atoms with Gasteiger partial charge in [-0.05, 0) is 19.3 Å². The second-order valence-electron chi connectivity index (χ2n) is 5.70. The molecule has 0 bridgehead atoms. The number of rotatable bonds is 2. The van der Waals surface area contributed by atoms with Gasteiger partial charge in [-0.15, -0.1) is 0 Å². The minimum atomic E-state index is -0.411. The fourth-order valence-electron chi connectivity index (χ4n) is 2.64. The first-order valence-corrected chi connectivity index (χ1v) is 8.24. The summed E-state index contributed by atoms with van der Waals surface area (Å²) < 4.78 is 10.0. The molecule has 0 saturated carbocycles. The molecule has 1 aliphatic rings. The van der Waals surface area contributed by atoms with E-state index < -0.39 is 5.97 Å². The van der Waals surface area contributed by atoms with Crippen molar-refractivity contribution in [3.63, 3.8) is 0 Å². The van der Waals surface area contributed by atoms with Crippen molar-refractivity contribution in [3.05, 3.63) is 23.5 Å². The Bertz CT molecular complexity index is 421. The first kappa shape index (κ1) is 18.5. The zero-order valence-electron chi connectivity index (χ0n) is 13.9. The molecule has 0 spiro atoms. The highest BCUT2D eigenvalue weighted by atomic mass is 16.5. The molecule has 0 atom stereocenters. The lowest BCUT2D eigenvalue weighted by Crippen LogP contribution is -2.04. The zero-order chi connectivity index (χ0) is 16.2. The number of ether oxygens (including phenoxy) is 2. The number of allylic oxidation sites excluding steroid dienone is 2. The number of esters is 1. The van der Waals surface area contributed by atoms with Crippen molar-refractivity contribution in [1.29, 1.82) is 0 Å². The van der Waals surface area contributed by atoms with Crippen LogP contribution in [0.3, 0.4) is 0 Å². The maximum Gasteiger partial charge on any atom is 0.330 e. The normalized spacial score (nSPS) is 23.3. The molecule has 0 aliphatic heterocycles. The van der Waals surface area contributed by atoms with Gasteiger partial charge < -0.3 is 9.47 Å². The minimum absolute atomic E-state index is 0.0599. The maximum atomic E-state index is 12.0. The number of hydrogen-bond donors (Lipinski definition) is 0. The van der Waals surface area contributed by atoms with Gasteiger partial charge in [-0.25, -0.2) is 4.79 Å². The molecule has 0 unspecified atom stereocenters. The summed E-state index contributed by atoms with van der Waals surface area (Å²) in [5.41, 5.74) is 0.750. The average molecular weight is 308 g/mol. The van der Waals surface area contributed by atoms with Gasteiger partial charge in [0.05, 0.1) is 14.2 Å². The lowest BCUT2D eigenvalue weighted by molar-refractivity contribution is -0.134. The van der Waals surface area contributed by atoms with E-state index >= 15 is 0 Å². The Morgan fingerprint density at radius 3 is 2.05 bits per heavy atom. The summed E-state index contributed by atoms with van der Waals surface area (Å²) in [5.74, 6) is 0.142. The van der Waals surface area contributed by atoms with Gasteiger partial charge in [-0.3, -0.25) is 4.79 Å². The van der Waals surface area contributed by atoms with Crippen LogP contribution in [0.25, 0.3) is 0 Å². The van der Waals surface area contributed by atoms with Gasteiger partial charge in [0, 0.05) is 24.1 Å². The van der Waals surface area contributed by atoms with E-state index in [0.29, 0.717) is 12.2 Å². The largest absolute Gasteiger partial charge is 0.496 e. The predicted octanol–water partition coefficient (Wildman–Crippen LogP) is 4.10. The summed E-state index contributed by atoms with van der Waals surface area (Å²) in [4.78, 5) is 23.6. The van der Waals surface area contributed by atoms with E-state index in [0.717, 1.165) is 37.7 Å². The van der Waals surface area contributed by atoms with Crippen molar-refractivity contribution in [2.24, 2.45) is 0 Å². The minimum Gasteiger partial charge on any atom is -0.496 e. The molecule has 0 aromatic rings. The van der Waals surface area contributed by atoms with Crippen molar-refractivity contribution < 1.29 is 19.1 Å². The Labute approximate surface area is 133 Å². The molecule has 4 heteroatoms. The van der Waals surface area contributed by atoms with Crippen molar-refractivity contribution in [1.82, 2.24) is 0 Å². The molecule has 0 heterocycles. The first-order valence-electron chi connectivity index (χ1n) is 8.24. The van der Waals surface area contributed by atoms with E-state index in [-0.39, 0.29) is 5.78 Å². The second kappa shape index (κ2) is 11.0. The molecule has 0 radical (unpaired) electrons. The molecule has 0 amide bonds. The van der Waals surface area contributed by atoms with E-state index in [1.165, 1.54) is 52.1 Å². The van der Waals surface area contributed by atoms with Crippen LogP contribution in [0.2, 0.25) is 0 Å². The SMILES string of the molecule is COC(=O)/C=C1CCCCCCCCCCC(=O)/C=C\1OC. The molecule has 0 saturated heterocycles. The van der Waals surface area contributed by atoms with Crippen LogP contribution in [0.4, 0.5) is 0 Å². The van der Waals surface area contributed by atoms with Crippen LogP contribution < -0.4 is 0 Å². The summed E-state index contributed by atoms with van der Waals surface area (Å²) >= 11 is 0. The van der Waals surface area contributed by atoms with Gasteiger partial charge in [0.15, 0.2) is 5.78 Å². The van der Waals surface area contributed by atoms with E-state index in [9.17, 15) is 9.59 Å². The van der Waals surface area contributed by atoms with Gasteiger partial charge in [-0.2, -0.15) is 0 Å². The molecule has 0 aromatic carbocycles. The number of ketones is 1. The summed E-state index contributed by atoms with van der Waals surface area (Å²) in [5, 5.41) is 0. The third-order valence-electron chi connectivity index (χ3n) is 3.94. The lowest BCUT2D eigenvalue weighted by atomic mass is 10.00. The molecule has 0 fully saturated rings. The molecule has 4 nitrogen and oxygen atoms in total. The van der Waals surface area contributed by atoms with Crippen LogP contribution in [-0.2, 0) is 19.1 Å². The zero-order valence-corrected chi connectivity index (χ0v) is 13.9. The quantitative estimate of drug-likeness (QED) is 0.569. The first-order chi connectivity index (χ1) is 10.7. The Hall–Kier alpha value is -1.58. The number of carbonyl (C=O) groups excluding carboxylic acids is 2. The van der Waals surface area contributed by atoms with E-state index in [4.69, 9.17) is 9.47 Å². The third kappa shape index (κ3) is 7.43. The average Bonchev–Trinajstić information content (AvgIpc) is 2.52. The van der Waals surface area contributed by atoms with E-state index in [1.54, 1.807) is 0 Å². The fourth-order valence-corrected chi connectivity index (χ4v) is 2.64. The standard InChI is InChI=1S/C18H28O4/c1-21-17-14-16(19)12-10-8-6-4-3-5-7-9-11-15(17)13-18(20)22-2/h13-14H,3-12H2,1-2H3/b15-13+,17-14+. The third-order valence-corrected chi connectivity index (χ3v) is 3.94. The molecule has 1 rings (SSSR count). The molecule has 0 N–H and O–H groups in total. The maximum absolute atomic E-state index is 12.0. The van der Waals surface area contributed by atoms with Gasteiger partial charge in [-0.1, -0.05) is 38.5 Å². The molecule has 22 heavy (non-hydrogen) atoms. The van der Waals surface area contributed by atoms with Crippen LogP contribution in [0, 0.1) is 0 Å². The van der Waals surface area contributed by atoms with Crippen LogP contribution in [-0.4, -0.2) is 26.0 Å². The van der Waals surface area contributed by atoms with E-state index in [2.05, 4.69) is 0 Å². The molecule has 0 aromatic heterocycles. The smallest absolute Gasteiger partial charge is 0.330 e. The molecule has 1 aliphatic carbocycles.